The molecule has 0 fully saturated rings. The average molecular weight is 1760 g/mol. The second-order valence-corrected chi connectivity index (χ2v) is 30.4. The van der Waals surface area contributed by atoms with Crippen molar-refractivity contribution in [1.82, 2.24) is 0 Å². The van der Waals surface area contributed by atoms with Crippen molar-refractivity contribution in [3.05, 3.63) is 191 Å². The van der Waals surface area contributed by atoms with E-state index in [1.165, 1.54) is 52.7 Å². The first kappa shape index (κ1) is 102. The minimum absolute atomic E-state index is 0.125. The van der Waals surface area contributed by atoms with Crippen LogP contribution >= 0.6 is 0 Å². The summed E-state index contributed by atoms with van der Waals surface area (Å²) in [5.41, 5.74) is 5.10. The van der Waals surface area contributed by atoms with Crippen LogP contribution < -0.4 is 66.3 Å². The summed E-state index contributed by atoms with van der Waals surface area (Å²) in [5.74, 6) is 6.22. The van der Waals surface area contributed by atoms with Gasteiger partial charge in [-0.25, -0.2) is 24.0 Å². The molecule has 0 bridgehead atoms. The monoisotopic (exact) mass is 1750 g/mol. The van der Waals surface area contributed by atoms with E-state index < -0.39 is 29.8 Å². The molecule has 7 aromatic rings. The molecule has 24 heteroatoms. The minimum Gasteiger partial charge on any atom is -0.493 e. The van der Waals surface area contributed by atoms with Crippen LogP contribution in [0.15, 0.2) is 152 Å². The predicted octanol–water partition coefficient (Wildman–Crippen LogP) is 22.6. The summed E-state index contributed by atoms with van der Waals surface area (Å²) in [5, 5.41) is 0. The second-order valence-electron chi connectivity index (χ2n) is 30.4. The Kier molecular flexibility index (Phi) is 50.0. The van der Waals surface area contributed by atoms with Gasteiger partial charge in [0.2, 0.25) is 0 Å². The molecule has 0 saturated carbocycles. The van der Waals surface area contributed by atoms with E-state index >= 15 is 0 Å². The number of carbonyl (C=O) groups excluding carboxylic acids is 5. The van der Waals surface area contributed by atoms with Crippen LogP contribution in [0.25, 0.3) is 24.3 Å². The van der Waals surface area contributed by atoms with Crippen LogP contribution in [0.1, 0.15) is 230 Å². The molecule has 127 heavy (non-hydrogen) atoms. The molecule has 7 aromatic carbocycles. The Labute approximate surface area is 751 Å². The summed E-state index contributed by atoms with van der Waals surface area (Å²) in [4.78, 5) is 60.5. The van der Waals surface area contributed by atoms with Crippen LogP contribution in [0.5, 0.6) is 80.5 Å². The molecule has 7 rings (SSSR count). The third-order valence-electron chi connectivity index (χ3n) is 20.5. The fraction of sp³-hybridized carbons (Fsp3) is 0.466. The maximum absolute atomic E-state index is 14.0. The molecule has 0 aliphatic heterocycles. The summed E-state index contributed by atoms with van der Waals surface area (Å²) in [7, 11) is 11.7. The average Bonchev–Trinajstić information content (AvgIpc) is 0.832. The van der Waals surface area contributed by atoms with Crippen LogP contribution in [-0.4, -0.2) is 146 Å². The van der Waals surface area contributed by atoms with Crippen molar-refractivity contribution in [3.8, 4) is 80.5 Å². The molecule has 0 saturated heterocycles. The van der Waals surface area contributed by atoms with Gasteiger partial charge >= 0.3 is 29.8 Å². The second kappa shape index (κ2) is 62.2. The third kappa shape index (κ3) is 41.8. The molecule has 0 N–H and O–H groups in total. The van der Waals surface area contributed by atoms with Crippen LogP contribution in [0, 0.1) is 0 Å². The Morgan fingerprint density at radius 1 is 0.236 bits per heavy atom. The fourth-order valence-corrected chi connectivity index (χ4v) is 13.4. The van der Waals surface area contributed by atoms with Gasteiger partial charge in [0.1, 0.15) is 47.7 Å². The quantitative estimate of drug-likeness (QED) is 0.0148. The molecule has 0 aliphatic rings. The first-order valence-corrected chi connectivity index (χ1v) is 44.8. The van der Waals surface area contributed by atoms with E-state index in [0.29, 0.717) is 139 Å². The van der Waals surface area contributed by atoms with Crippen molar-refractivity contribution < 1.29 is 114 Å². The first-order valence-electron chi connectivity index (χ1n) is 44.8. The van der Waals surface area contributed by atoms with Crippen LogP contribution in [-0.2, 0) is 56.1 Å². The minimum atomic E-state index is -0.477. The number of methoxy groups -OCH3 is 8. The lowest BCUT2D eigenvalue weighted by atomic mass is 10.1. The highest BCUT2D eigenvalue weighted by atomic mass is 16.6. The van der Waals surface area contributed by atoms with Gasteiger partial charge in [-0.05, 0) is 200 Å². The van der Waals surface area contributed by atoms with Gasteiger partial charge in [-0.3, -0.25) is 0 Å². The van der Waals surface area contributed by atoms with Crippen LogP contribution in [0.3, 0.4) is 0 Å². The SMILES string of the molecule is CCCCCCOC(=O)c1cc(OCc2cc(OCCCCCCCCOc3ccc(/C=C/C(=O)OC)cc3OC)cc(OCCCCCCCCOc3ccc(/C=C/C(=O)OC)cc3OC)c2)cc(OCc2cc(OCCCCCCCCOc3ccc(/C=C/C(=O)OC)cc3OC)cc(OCCCCCCCCOc3ccc(/C=C/C(=O)OC)cc3OC)c2)c1. The Bertz CT molecular complexity index is 4010. The summed E-state index contributed by atoms with van der Waals surface area (Å²) in [6.45, 7) is 6.92. The topological polar surface area (TPSA) is 261 Å². The van der Waals surface area contributed by atoms with E-state index in [1.54, 1.807) is 70.9 Å². The zero-order chi connectivity index (χ0) is 90.5. The molecular formula is C103H134O24. The summed E-state index contributed by atoms with van der Waals surface area (Å²) >= 11 is 0. The lowest BCUT2D eigenvalue weighted by molar-refractivity contribution is -0.135. The van der Waals surface area contributed by atoms with E-state index in [-0.39, 0.29) is 19.8 Å². The van der Waals surface area contributed by atoms with Gasteiger partial charge in [0, 0.05) is 42.5 Å². The first-order chi connectivity index (χ1) is 62.1. The number of hydrogen-bond donors (Lipinski definition) is 0. The Morgan fingerprint density at radius 3 is 0.709 bits per heavy atom. The van der Waals surface area contributed by atoms with Gasteiger partial charge in [0.25, 0.3) is 0 Å². The van der Waals surface area contributed by atoms with E-state index in [0.717, 1.165) is 213 Å². The zero-order valence-corrected chi connectivity index (χ0v) is 76.1. The number of hydrogen-bond acceptors (Lipinski definition) is 24. The largest absolute Gasteiger partial charge is 0.493 e. The van der Waals surface area contributed by atoms with Gasteiger partial charge in [0.05, 0.1) is 122 Å². The van der Waals surface area contributed by atoms with Crippen molar-refractivity contribution in [1.29, 1.82) is 0 Å². The summed E-state index contributed by atoms with van der Waals surface area (Å²) < 4.78 is 111. The van der Waals surface area contributed by atoms with Crippen molar-refractivity contribution in [2.75, 3.05) is 116 Å². The lowest BCUT2D eigenvalue weighted by Gasteiger charge is -2.16. The van der Waals surface area contributed by atoms with E-state index in [1.807, 2.05) is 109 Å². The summed E-state index contributed by atoms with van der Waals surface area (Å²) in [6.07, 6.45) is 39.3. The normalized spacial score (nSPS) is 11.2. The molecule has 0 spiro atoms. The van der Waals surface area contributed by atoms with Crippen molar-refractivity contribution in [2.45, 2.75) is 200 Å². The molecular weight excluding hydrogens is 1620 g/mol. The van der Waals surface area contributed by atoms with Gasteiger partial charge in [0.15, 0.2) is 46.0 Å². The number of benzene rings is 7. The molecule has 24 nitrogen and oxygen atoms in total. The smallest absolute Gasteiger partial charge is 0.338 e. The molecule has 0 aliphatic carbocycles. The van der Waals surface area contributed by atoms with Crippen molar-refractivity contribution in [2.24, 2.45) is 0 Å². The van der Waals surface area contributed by atoms with E-state index in [9.17, 15) is 24.0 Å². The fourth-order valence-electron chi connectivity index (χ4n) is 13.4. The van der Waals surface area contributed by atoms with Gasteiger partial charge in [-0.2, -0.15) is 0 Å². The predicted molar refractivity (Wildman–Crippen MR) is 493 cm³/mol. The molecule has 0 atom stereocenters. The van der Waals surface area contributed by atoms with Crippen LogP contribution in [0.2, 0.25) is 0 Å². The Balaban J connectivity index is 0.972. The highest BCUT2D eigenvalue weighted by Crippen LogP contribution is 2.36. The molecule has 0 heterocycles. The number of unbranched alkanes of at least 4 members (excludes halogenated alkanes) is 23. The van der Waals surface area contributed by atoms with E-state index in [2.05, 4.69) is 6.92 Å². The van der Waals surface area contributed by atoms with Crippen LogP contribution in [0.4, 0.5) is 0 Å². The van der Waals surface area contributed by atoms with E-state index in [4.69, 9.17) is 90.0 Å². The number of carbonyl (C=O) groups is 5. The Morgan fingerprint density at radius 2 is 0.465 bits per heavy atom. The number of ether oxygens (including phenoxy) is 19. The summed E-state index contributed by atoms with van der Waals surface area (Å²) in [6, 6.07) is 39.1. The molecule has 0 radical (unpaired) electrons. The third-order valence-corrected chi connectivity index (χ3v) is 20.5. The standard InChI is InChI=1S/C103H134O24/c1-10-11-12-29-62-125-103(108)84-71-89(126-76-82-63-85(117-54-30-21-13-17-25-34-58-121-91-46-38-78(67-95(91)109-2)42-50-99(104)113-6)73-86(64-82)118-55-31-22-14-18-26-35-59-122-92-47-39-79(68-96(92)110-3)43-51-100(105)114-7)75-90(72-84)127-77-83-65-87(119-56-32-23-15-19-27-36-60-123-93-48-40-80(69-97(93)111-4)44-52-101(106)115-8)74-88(66-83)120-57-33-24-16-20-28-37-61-124-94-49-41-81(70-98(94)112-5)45-53-102(107)116-9/h38-53,63-75H,10-37,54-62,76-77H2,1-9H3/b50-42+,51-43+,52-44+,53-45+. The Hall–Kier alpha value is -12.0. The lowest BCUT2D eigenvalue weighted by Crippen LogP contribution is -2.08. The maximum Gasteiger partial charge on any atom is 0.338 e. The van der Waals surface area contributed by atoms with Gasteiger partial charge in [-0.15, -0.1) is 0 Å². The van der Waals surface area contributed by atoms with Gasteiger partial charge in [-0.1, -0.05) is 153 Å². The highest BCUT2D eigenvalue weighted by molar-refractivity contribution is 5.91. The molecule has 690 valence electrons. The molecule has 0 amide bonds. The highest BCUT2D eigenvalue weighted by Gasteiger charge is 2.18. The number of rotatable bonds is 68. The number of esters is 5. The van der Waals surface area contributed by atoms with Gasteiger partial charge < -0.3 is 90.0 Å². The maximum atomic E-state index is 14.0. The zero-order valence-electron chi connectivity index (χ0n) is 76.1. The molecule has 0 aromatic heterocycles. The van der Waals surface area contributed by atoms with Crippen molar-refractivity contribution in [3.63, 3.8) is 0 Å². The van der Waals surface area contributed by atoms with Crippen molar-refractivity contribution >= 4 is 54.2 Å². The molecule has 0 unspecified atom stereocenters.